The van der Waals surface area contributed by atoms with Crippen molar-refractivity contribution in [3.05, 3.63) is 76.1 Å². The first-order valence-electron chi connectivity index (χ1n) is 9.45. The van der Waals surface area contributed by atoms with Crippen LogP contribution in [0, 0.1) is 11.7 Å². The van der Waals surface area contributed by atoms with Crippen molar-refractivity contribution in [1.29, 1.82) is 0 Å². The van der Waals surface area contributed by atoms with Crippen LogP contribution in [0.5, 0.6) is 0 Å². The molecule has 1 fully saturated rings. The predicted molar refractivity (Wildman–Crippen MR) is 110 cm³/mol. The highest BCUT2D eigenvalue weighted by molar-refractivity contribution is 6.30. The molecule has 27 heavy (non-hydrogen) atoms. The Hall–Kier alpha value is -1.68. The topological polar surface area (TPSA) is 23.5 Å². The standard InChI is InChI=1S/C23H27ClFNO/c1-26(2)16-20-7-4-6-19(13-17-9-11-21(24)12-10-17)23(20,27)15-18-5-3-8-22(25)14-18/h3,5,8-14,20,27H,4,6-7,15-16H2,1-2H3/b19-13+. The van der Waals surface area contributed by atoms with E-state index in [1.165, 1.54) is 12.1 Å². The first kappa shape index (κ1) is 20.1. The second kappa shape index (κ2) is 8.55. The minimum atomic E-state index is -0.990. The van der Waals surface area contributed by atoms with E-state index in [2.05, 4.69) is 11.0 Å². The summed E-state index contributed by atoms with van der Waals surface area (Å²) in [7, 11) is 4.06. The molecule has 0 heterocycles. The summed E-state index contributed by atoms with van der Waals surface area (Å²) in [6, 6.07) is 14.2. The molecule has 1 aliphatic rings. The van der Waals surface area contributed by atoms with E-state index < -0.39 is 5.60 Å². The van der Waals surface area contributed by atoms with E-state index in [0.29, 0.717) is 11.4 Å². The van der Waals surface area contributed by atoms with Crippen LogP contribution in [0.15, 0.2) is 54.1 Å². The molecule has 2 aromatic rings. The van der Waals surface area contributed by atoms with E-state index in [1.54, 1.807) is 6.07 Å². The van der Waals surface area contributed by atoms with Gasteiger partial charge in [-0.15, -0.1) is 0 Å². The molecule has 0 aliphatic heterocycles. The Morgan fingerprint density at radius 1 is 1.22 bits per heavy atom. The van der Waals surface area contributed by atoms with Gasteiger partial charge in [-0.3, -0.25) is 0 Å². The maximum absolute atomic E-state index is 13.7. The number of aliphatic hydroxyl groups is 1. The normalized spacial score (nSPS) is 24.5. The summed E-state index contributed by atoms with van der Waals surface area (Å²) in [6.07, 6.45) is 5.35. The molecular weight excluding hydrogens is 361 g/mol. The first-order chi connectivity index (χ1) is 12.9. The van der Waals surface area contributed by atoms with E-state index in [0.717, 1.165) is 42.5 Å². The van der Waals surface area contributed by atoms with Crippen molar-refractivity contribution in [3.63, 3.8) is 0 Å². The molecule has 0 saturated heterocycles. The Balaban J connectivity index is 1.99. The number of halogens is 2. The molecule has 4 heteroatoms. The van der Waals surface area contributed by atoms with Crippen LogP contribution < -0.4 is 0 Å². The largest absolute Gasteiger partial charge is 0.385 e. The maximum Gasteiger partial charge on any atom is 0.123 e. The first-order valence-corrected chi connectivity index (χ1v) is 9.83. The minimum Gasteiger partial charge on any atom is -0.385 e. The van der Waals surface area contributed by atoms with Gasteiger partial charge in [-0.1, -0.05) is 41.9 Å². The van der Waals surface area contributed by atoms with Gasteiger partial charge in [-0.2, -0.15) is 0 Å². The van der Waals surface area contributed by atoms with Crippen molar-refractivity contribution in [2.24, 2.45) is 5.92 Å². The van der Waals surface area contributed by atoms with E-state index >= 15 is 0 Å². The molecule has 1 saturated carbocycles. The van der Waals surface area contributed by atoms with Gasteiger partial charge in [-0.05, 0) is 74.3 Å². The van der Waals surface area contributed by atoms with Gasteiger partial charge in [0.1, 0.15) is 5.82 Å². The summed E-state index contributed by atoms with van der Waals surface area (Å²) in [4.78, 5) is 2.12. The molecule has 0 aromatic heterocycles. The van der Waals surface area contributed by atoms with Crippen LogP contribution >= 0.6 is 11.6 Å². The zero-order chi connectivity index (χ0) is 19.4. The number of nitrogens with zero attached hydrogens (tertiary/aromatic N) is 1. The monoisotopic (exact) mass is 387 g/mol. The Bertz CT molecular complexity index is 802. The van der Waals surface area contributed by atoms with Crippen LogP contribution in [-0.4, -0.2) is 36.2 Å². The molecule has 0 spiro atoms. The Morgan fingerprint density at radius 3 is 2.63 bits per heavy atom. The molecule has 1 N–H and O–H groups in total. The molecule has 0 radical (unpaired) electrons. The van der Waals surface area contributed by atoms with Crippen molar-refractivity contribution >= 4 is 17.7 Å². The van der Waals surface area contributed by atoms with E-state index in [9.17, 15) is 9.50 Å². The smallest absolute Gasteiger partial charge is 0.123 e. The lowest BCUT2D eigenvalue weighted by Crippen LogP contribution is -2.48. The summed E-state index contributed by atoms with van der Waals surface area (Å²) < 4.78 is 13.7. The van der Waals surface area contributed by atoms with Gasteiger partial charge in [0.2, 0.25) is 0 Å². The summed E-state index contributed by atoms with van der Waals surface area (Å²) in [6.45, 7) is 0.795. The lowest BCUT2D eigenvalue weighted by atomic mass is 9.68. The van der Waals surface area contributed by atoms with Crippen LogP contribution in [0.3, 0.4) is 0 Å². The highest BCUT2D eigenvalue weighted by Crippen LogP contribution is 2.42. The summed E-state index contributed by atoms with van der Waals surface area (Å²) in [5, 5.41) is 12.6. The highest BCUT2D eigenvalue weighted by atomic mass is 35.5. The molecule has 3 rings (SSSR count). The van der Waals surface area contributed by atoms with Crippen LogP contribution in [0.25, 0.3) is 6.08 Å². The summed E-state index contributed by atoms with van der Waals surface area (Å²) in [5.74, 6) is -0.164. The van der Waals surface area contributed by atoms with Crippen LogP contribution in [-0.2, 0) is 6.42 Å². The molecule has 2 atom stereocenters. The number of benzene rings is 2. The van der Waals surface area contributed by atoms with Crippen molar-refractivity contribution in [2.45, 2.75) is 31.3 Å². The molecule has 1 aliphatic carbocycles. The SMILES string of the molecule is CN(C)CC1CCC/C(=C\c2ccc(Cl)cc2)C1(O)Cc1cccc(F)c1. The molecular formula is C23H27ClFNO. The molecule has 2 unspecified atom stereocenters. The minimum absolute atomic E-state index is 0.100. The second-order valence-corrected chi connectivity index (χ2v) is 8.24. The third-order valence-corrected chi connectivity index (χ3v) is 5.64. The van der Waals surface area contributed by atoms with Crippen LogP contribution in [0.4, 0.5) is 4.39 Å². The fraction of sp³-hybridized carbons (Fsp3) is 0.391. The average Bonchev–Trinajstić information content (AvgIpc) is 2.60. The highest BCUT2D eigenvalue weighted by Gasteiger charge is 2.42. The van der Waals surface area contributed by atoms with Crippen LogP contribution in [0.2, 0.25) is 5.02 Å². The third-order valence-electron chi connectivity index (χ3n) is 5.39. The predicted octanol–water partition coefficient (Wildman–Crippen LogP) is 5.20. The molecule has 0 bridgehead atoms. The van der Waals surface area contributed by atoms with Crippen molar-refractivity contribution in [1.82, 2.24) is 4.90 Å². The number of hydrogen-bond acceptors (Lipinski definition) is 2. The second-order valence-electron chi connectivity index (χ2n) is 7.80. The Labute approximate surface area is 166 Å². The van der Waals surface area contributed by atoms with Gasteiger partial charge >= 0.3 is 0 Å². The lowest BCUT2D eigenvalue weighted by molar-refractivity contribution is -0.0123. The quantitative estimate of drug-likeness (QED) is 0.762. The number of rotatable bonds is 5. The average molecular weight is 388 g/mol. The summed E-state index contributed by atoms with van der Waals surface area (Å²) in [5.41, 5.74) is 1.88. The molecule has 2 nitrogen and oxygen atoms in total. The fourth-order valence-corrected chi connectivity index (χ4v) is 4.24. The Morgan fingerprint density at radius 2 is 1.96 bits per heavy atom. The van der Waals surface area contributed by atoms with Gasteiger partial charge in [0, 0.05) is 23.9 Å². The zero-order valence-corrected chi connectivity index (χ0v) is 16.7. The molecule has 2 aromatic carbocycles. The van der Waals surface area contributed by atoms with Gasteiger partial charge < -0.3 is 10.0 Å². The van der Waals surface area contributed by atoms with Gasteiger partial charge in [0.15, 0.2) is 0 Å². The Kier molecular flexibility index (Phi) is 6.36. The lowest BCUT2D eigenvalue weighted by Gasteiger charge is -2.43. The van der Waals surface area contributed by atoms with Crippen molar-refractivity contribution in [3.8, 4) is 0 Å². The third kappa shape index (κ3) is 4.98. The van der Waals surface area contributed by atoms with Gasteiger partial charge in [-0.25, -0.2) is 4.39 Å². The van der Waals surface area contributed by atoms with E-state index in [1.807, 2.05) is 44.4 Å². The van der Waals surface area contributed by atoms with Gasteiger partial charge in [0.05, 0.1) is 5.60 Å². The fourth-order valence-electron chi connectivity index (χ4n) is 4.11. The van der Waals surface area contributed by atoms with Crippen molar-refractivity contribution < 1.29 is 9.50 Å². The zero-order valence-electron chi connectivity index (χ0n) is 16.0. The van der Waals surface area contributed by atoms with E-state index in [4.69, 9.17) is 11.6 Å². The van der Waals surface area contributed by atoms with Crippen LogP contribution in [0.1, 0.15) is 30.4 Å². The number of hydrogen-bond donors (Lipinski definition) is 1. The van der Waals surface area contributed by atoms with Crippen molar-refractivity contribution in [2.75, 3.05) is 20.6 Å². The maximum atomic E-state index is 13.7. The van der Waals surface area contributed by atoms with E-state index in [-0.39, 0.29) is 11.7 Å². The molecule has 0 amide bonds. The molecule has 144 valence electrons. The summed E-state index contributed by atoms with van der Waals surface area (Å²) >= 11 is 6.00. The van der Waals surface area contributed by atoms with Gasteiger partial charge in [0.25, 0.3) is 0 Å².